The van der Waals surface area contributed by atoms with Crippen LogP contribution in [-0.2, 0) is 4.74 Å². The predicted molar refractivity (Wildman–Crippen MR) is 190 cm³/mol. The highest BCUT2D eigenvalue weighted by atomic mass is 35.5. The van der Waals surface area contributed by atoms with Crippen molar-refractivity contribution in [1.82, 2.24) is 5.43 Å². The van der Waals surface area contributed by atoms with Crippen molar-refractivity contribution in [2.45, 2.75) is 37.9 Å². The van der Waals surface area contributed by atoms with E-state index in [0.717, 1.165) is 63.2 Å². The molecule has 0 bridgehead atoms. The van der Waals surface area contributed by atoms with Crippen molar-refractivity contribution < 1.29 is 32.6 Å². The van der Waals surface area contributed by atoms with Gasteiger partial charge in [0, 0.05) is 80.9 Å². The Morgan fingerprint density at radius 2 is 1.08 bits per heavy atom. The molecular weight excluding hydrogens is 689 g/mol. The molecule has 264 valence electrons. The number of ether oxygens (including phenoxy) is 3. The Labute approximate surface area is 299 Å². The molecule has 9 nitrogen and oxygen atoms in total. The molecule has 0 saturated carbocycles. The van der Waals surface area contributed by atoms with Crippen molar-refractivity contribution in [1.29, 1.82) is 0 Å². The Morgan fingerprint density at radius 3 is 1.46 bits per heavy atom. The number of amides is 1. The third-order valence-corrected chi connectivity index (χ3v) is 9.16. The number of piperidine rings is 2. The van der Waals surface area contributed by atoms with Crippen LogP contribution in [-0.4, -0.2) is 57.4 Å². The summed E-state index contributed by atoms with van der Waals surface area (Å²) < 4.78 is 43.0. The van der Waals surface area contributed by atoms with Gasteiger partial charge in [-0.3, -0.25) is 10.2 Å². The van der Waals surface area contributed by atoms with Crippen molar-refractivity contribution >= 4 is 46.5 Å². The molecule has 2 aliphatic rings. The number of carbonyl (C=O) groups excluding carboxylic acids is 2. The zero-order valence-electron chi connectivity index (χ0n) is 27.4. The van der Waals surface area contributed by atoms with Gasteiger partial charge in [0.25, 0.3) is 5.91 Å². The van der Waals surface area contributed by atoms with E-state index in [4.69, 9.17) is 43.3 Å². The van der Waals surface area contributed by atoms with Crippen LogP contribution in [0.3, 0.4) is 0 Å². The van der Waals surface area contributed by atoms with E-state index in [-0.39, 0.29) is 35.7 Å². The van der Waals surface area contributed by atoms with Crippen LogP contribution in [0, 0.1) is 11.6 Å². The van der Waals surface area contributed by atoms with Crippen molar-refractivity contribution in [2.24, 2.45) is 5.84 Å². The molecule has 0 aromatic heterocycles. The lowest BCUT2D eigenvalue weighted by Gasteiger charge is -2.34. The number of benzene rings is 4. The fraction of sp³-hybridized carbons (Fsp3) is 0.297. The smallest absolute Gasteiger partial charge is 0.337 e. The molecule has 0 spiro atoms. The predicted octanol–water partition coefficient (Wildman–Crippen LogP) is 7.44. The van der Waals surface area contributed by atoms with Crippen molar-refractivity contribution in [3.8, 4) is 11.5 Å². The van der Waals surface area contributed by atoms with E-state index in [9.17, 15) is 18.4 Å². The van der Waals surface area contributed by atoms with Gasteiger partial charge in [-0.2, -0.15) is 0 Å². The number of hydrogen-bond donors (Lipinski definition) is 2. The minimum atomic E-state index is -0.363. The second-order valence-electron chi connectivity index (χ2n) is 11.8. The molecule has 2 heterocycles. The van der Waals surface area contributed by atoms with Gasteiger partial charge in [0.2, 0.25) is 0 Å². The minimum absolute atomic E-state index is 0.00200. The molecule has 4 aromatic carbocycles. The van der Waals surface area contributed by atoms with Crippen molar-refractivity contribution in [3.05, 3.63) is 118 Å². The number of methoxy groups -OCH3 is 1. The second kappa shape index (κ2) is 17.4. The van der Waals surface area contributed by atoms with E-state index in [0.29, 0.717) is 32.7 Å². The Balaban J connectivity index is 0.000000194. The number of esters is 1. The van der Waals surface area contributed by atoms with Crippen LogP contribution in [0.15, 0.2) is 84.9 Å². The van der Waals surface area contributed by atoms with Gasteiger partial charge in [-0.25, -0.2) is 19.4 Å². The third kappa shape index (κ3) is 9.77. The average molecular weight is 728 g/mol. The van der Waals surface area contributed by atoms with Gasteiger partial charge in [0.1, 0.15) is 35.3 Å². The lowest BCUT2D eigenvalue weighted by Crippen LogP contribution is -2.38. The quantitative estimate of drug-likeness (QED) is 0.0836. The van der Waals surface area contributed by atoms with Crippen LogP contribution in [0.1, 0.15) is 46.4 Å². The Bertz CT molecular complexity index is 1620. The molecule has 1 amide bonds. The molecule has 50 heavy (non-hydrogen) atoms. The minimum Gasteiger partial charge on any atom is -0.489 e. The van der Waals surface area contributed by atoms with Crippen LogP contribution in [0.4, 0.5) is 20.2 Å². The summed E-state index contributed by atoms with van der Waals surface area (Å²) in [5.74, 6) is 4.53. The summed E-state index contributed by atoms with van der Waals surface area (Å²) in [6.45, 7) is 3.24. The summed E-state index contributed by atoms with van der Waals surface area (Å²) in [4.78, 5) is 27.4. The normalized spacial score (nSPS) is 15.1. The maximum absolute atomic E-state index is 13.3. The maximum Gasteiger partial charge on any atom is 0.337 e. The maximum atomic E-state index is 13.3. The first-order valence-electron chi connectivity index (χ1n) is 16.2. The van der Waals surface area contributed by atoms with E-state index in [2.05, 4.69) is 15.2 Å². The van der Waals surface area contributed by atoms with Crippen LogP contribution < -0.4 is 30.5 Å². The summed E-state index contributed by atoms with van der Waals surface area (Å²) in [7, 11) is 1.37. The summed E-state index contributed by atoms with van der Waals surface area (Å²) in [6, 6.07) is 22.9. The zero-order valence-corrected chi connectivity index (χ0v) is 28.9. The first-order valence-corrected chi connectivity index (χ1v) is 16.9. The van der Waals surface area contributed by atoms with Gasteiger partial charge in [-0.1, -0.05) is 23.2 Å². The lowest BCUT2D eigenvalue weighted by molar-refractivity contribution is 0.0600. The highest BCUT2D eigenvalue weighted by Crippen LogP contribution is 2.31. The Morgan fingerprint density at radius 1 is 0.680 bits per heavy atom. The number of hydrogen-bond acceptors (Lipinski definition) is 8. The fourth-order valence-corrected chi connectivity index (χ4v) is 6.12. The van der Waals surface area contributed by atoms with Gasteiger partial charge in [0.05, 0.1) is 22.7 Å². The number of hydrazine groups is 1. The fourth-order valence-electron chi connectivity index (χ4n) is 5.79. The van der Waals surface area contributed by atoms with Crippen molar-refractivity contribution in [2.75, 3.05) is 43.1 Å². The van der Waals surface area contributed by atoms with Crippen LogP contribution in [0.2, 0.25) is 10.0 Å². The number of nitrogens with zero attached hydrogens (tertiary/aromatic N) is 2. The van der Waals surface area contributed by atoms with Gasteiger partial charge >= 0.3 is 5.97 Å². The molecule has 2 saturated heterocycles. The summed E-state index contributed by atoms with van der Waals surface area (Å²) in [5, 5.41) is 0.833. The molecule has 4 aromatic rings. The monoisotopic (exact) mass is 726 g/mol. The average Bonchev–Trinajstić information content (AvgIpc) is 3.15. The number of nitrogen functional groups attached to an aromatic ring is 1. The summed E-state index contributed by atoms with van der Waals surface area (Å²) in [6.07, 6.45) is 3.23. The van der Waals surface area contributed by atoms with E-state index in [1.807, 2.05) is 24.3 Å². The van der Waals surface area contributed by atoms with Gasteiger partial charge in [-0.05, 0) is 72.8 Å². The third-order valence-electron chi connectivity index (χ3n) is 8.54. The van der Waals surface area contributed by atoms with E-state index in [1.54, 1.807) is 24.3 Å². The molecule has 0 unspecified atom stereocenters. The molecule has 2 fully saturated rings. The number of nitrogens with one attached hydrogen (secondary N) is 1. The molecule has 0 aliphatic carbocycles. The molecule has 13 heteroatoms. The number of anilines is 2. The molecule has 0 atom stereocenters. The lowest BCUT2D eigenvalue weighted by atomic mass is 10.1. The number of rotatable bonds is 8. The largest absolute Gasteiger partial charge is 0.489 e. The van der Waals surface area contributed by atoms with E-state index >= 15 is 0 Å². The van der Waals surface area contributed by atoms with Gasteiger partial charge in [0.15, 0.2) is 0 Å². The topological polar surface area (TPSA) is 106 Å². The zero-order chi connectivity index (χ0) is 35.6. The van der Waals surface area contributed by atoms with Crippen LogP contribution in [0.25, 0.3) is 0 Å². The molecular formula is C37H38Cl2F2N4O5. The molecule has 6 rings (SSSR count). The highest BCUT2D eigenvalue weighted by Gasteiger charge is 2.23. The first kappa shape index (κ1) is 36.7. The van der Waals surface area contributed by atoms with Gasteiger partial charge in [-0.15, -0.1) is 0 Å². The van der Waals surface area contributed by atoms with E-state index < -0.39 is 0 Å². The van der Waals surface area contributed by atoms with Crippen LogP contribution >= 0.6 is 23.2 Å². The Kier molecular flexibility index (Phi) is 12.8. The van der Waals surface area contributed by atoms with Gasteiger partial charge < -0.3 is 24.0 Å². The molecule has 0 radical (unpaired) electrons. The number of nitrogens with two attached hydrogens (primary N) is 1. The number of carbonyl (C=O) groups is 2. The molecule has 2 aliphatic heterocycles. The SMILES string of the molecule is COC(=O)c1ccc(N2CCC(Oc3cc(F)ccc3Cl)CC2)cc1.NNC(=O)c1ccc(N2CCC(Oc3cc(F)ccc3Cl)CC2)cc1. The first-order chi connectivity index (χ1) is 24.1. The second-order valence-corrected chi connectivity index (χ2v) is 12.6. The van der Waals surface area contributed by atoms with Crippen LogP contribution in [0.5, 0.6) is 11.5 Å². The number of halogens is 4. The summed E-state index contributed by atoms with van der Waals surface area (Å²) in [5.41, 5.74) is 5.25. The molecule has 3 N–H and O–H groups in total. The highest BCUT2D eigenvalue weighted by molar-refractivity contribution is 6.32. The standard InChI is InChI=1S/C19H19ClFNO3.C18H19ClFN3O2/c1-24-19(23)13-2-5-15(6-3-13)22-10-8-16(9-11-22)25-18-12-14(21)4-7-17(18)20;19-16-6-3-13(20)11-17(16)25-15-7-9-23(10-8-15)14-4-1-12(2-5-14)18(24)22-21/h2-7,12,16H,8-11H2,1H3;1-6,11,15H,7-10,21H2,(H,22,24). The summed E-state index contributed by atoms with van der Waals surface area (Å²) >= 11 is 12.1. The van der Waals surface area contributed by atoms with Crippen molar-refractivity contribution in [3.63, 3.8) is 0 Å². The van der Waals surface area contributed by atoms with E-state index in [1.165, 1.54) is 43.5 Å². The Hall–Kier alpha value is -4.58.